The summed E-state index contributed by atoms with van der Waals surface area (Å²) in [6, 6.07) is 7.49. The van der Waals surface area contributed by atoms with Crippen LogP contribution in [0.3, 0.4) is 0 Å². The highest BCUT2D eigenvalue weighted by Gasteiger charge is 2.74. The largest absolute Gasteiger partial charge is 0.504 e. The van der Waals surface area contributed by atoms with Gasteiger partial charge in [-0.15, -0.1) is 13.2 Å². The molecule has 2 saturated heterocycles. The molecule has 0 radical (unpaired) electrons. The van der Waals surface area contributed by atoms with Crippen molar-refractivity contribution in [3.8, 4) is 23.0 Å². The number of carbonyl (C=O) groups excluding carboxylic acids is 2. The standard InChI is InChI=1S/C22H25NO4.C19H21NO4/c1-3-10-23-11-9-21-18-14-5-6-16(26-12-4-2)19(18)27-20(21)15(24)7-8-22(21,25)17(23)13-14;1-2-8-20-9-7-18-15-11-3-4-12(21)16(15)24-17(18)13(22)5-6-19(18,23)14(20)10-11/h3-6,17,20,25H,1-2,7-13H2;2-4,14,17,21,23H,1,5-10H2/t17-,20+,21+,22?;14-,17+,18+,19?/m11/s1. The monoisotopic (exact) mass is 694 g/mol. The van der Waals surface area contributed by atoms with E-state index in [2.05, 4.69) is 35.6 Å². The van der Waals surface area contributed by atoms with Crippen LogP contribution in [-0.2, 0) is 33.3 Å². The van der Waals surface area contributed by atoms with Gasteiger partial charge in [-0.05, 0) is 61.8 Å². The van der Waals surface area contributed by atoms with Crippen molar-refractivity contribution in [1.82, 2.24) is 9.80 Å². The Kier molecular flexibility index (Phi) is 7.27. The van der Waals surface area contributed by atoms with Crippen molar-refractivity contribution in [2.45, 2.75) is 97.7 Å². The predicted molar refractivity (Wildman–Crippen MR) is 189 cm³/mol. The number of hydrogen-bond donors (Lipinski definition) is 3. The van der Waals surface area contributed by atoms with Gasteiger partial charge in [0.15, 0.2) is 46.8 Å². The highest BCUT2D eigenvalue weighted by molar-refractivity contribution is 5.91. The first-order valence-corrected chi connectivity index (χ1v) is 18.4. The molecule has 0 aromatic heterocycles. The molecule has 0 amide bonds. The first-order valence-electron chi connectivity index (χ1n) is 18.4. The summed E-state index contributed by atoms with van der Waals surface area (Å²) in [5.74, 6) is 1.91. The number of ketones is 2. The number of aromatic hydroxyl groups is 1. The van der Waals surface area contributed by atoms with Crippen LogP contribution in [0.1, 0.15) is 60.8 Å². The van der Waals surface area contributed by atoms with Crippen LogP contribution in [0.15, 0.2) is 62.2 Å². The molecular weight excluding hydrogens is 648 g/mol. The molecular formula is C41H46N2O8. The van der Waals surface area contributed by atoms with E-state index in [9.17, 15) is 24.9 Å². The molecule has 10 rings (SSSR count). The molecule has 8 aliphatic rings. The summed E-state index contributed by atoms with van der Waals surface area (Å²) in [7, 11) is 0. The number of aliphatic hydroxyl groups is 2. The van der Waals surface area contributed by atoms with Gasteiger partial charge in [-0.25, -0.2) is 0 Å². The van der Waals surface area contributed by atoms with Gasteiger partial charge in [0.2, 0.25) is 0 Å². The van der Waals surface area contributed by atoms with Crippen LogP contribution in [-0.4, -0.2) is 105 Å². The SMILES string of the molecule is C=CCN1CC[C@]23c4c5ccc(O)c4O[C@H]2C(=O)CCC3(O)[C@H]1C5.C=CCOc1ccc2c3c1O[C@H]1C(=O)CCC4(O)[C@@H](C2)N(CC=C)CC[C@]314. The number of piperidine rings is 2. The number of ether oxygens (including phenoxy) is 3. The van der Waals surface area contributed by atoms with Crippen LogP contribution in [0, 0.1) is 0 Å². The van der Waals surface area contributed by atoms with Crippen LogP contribution in [0.25, 0.3) is 0 Å². The topological polar surface area (TPSA) is 129 Å². The lowest BCUT2D eigenvalue weighted by molar-refractivity contribution is -0.187. The molecule has 4 heterocycles. The molecule has 2 saturated carbocycles. The lowest BCUT2D eigenvalue weighted by Crippen LogP contribution is -2.76. The third-order valence-electron chi connectivity index (χ3n) is 13.8. The van der Waals surface area contributed by atoms with Gasteiger partial charge in [0, 0.05) is 62.2 Å². The maximum absolute atomic E-state index is 12.9. The smallest absolute Gasteiger partial charge is 0.174 e. The fourth-order valence-electron chi connectivity index (χ4n) is 11.8. The van der Waals surface area contributed by atoms with Gasteiger partial charge in [-0.2, -0.15) is 0 Å². The normalized spacial score (nSPS) is 37.5. The summed E-state index contributed by atoms with van der Waals surface area (Å²) in [6.07, 6.45) is 8.61. The van der Waals surface area contributed by atoms with Crippen LogP contribution in [0.2, 0.25) is 0 Å². The van der Waals surface area contributed by atoms with Crippen molar-refractivity contribution < 1.29 is 39.1 Å². The Bertz CT molecular complexity index is 1890. The molecule has 268 valence electrons. The lowest BCUT2D eigenvalue weighted by Gasteiger charge is -2.62. The van der Waals surface area contributed by atoms with Gasteiger partial charge in [0.25, 0.3) is 0 Å². The van der Waals surface area contributed by atoms with Crippen molar-refractivity contribution in [2.24, 2.45) is 0 Å². The molecule has 3 N–H and O–H groups in total. The van der Waals surface area contributed by atoms with Crippen molar-refractivity contribution in [3.05, 3.63) is 84.5 Å². The first kappa shape index (κ1) is 32.9. The van der Waals surface area contributed by atoms with Crippen LogP contribution in [0.5, 0.6) is 23.0 Å². The number of benzene rings is 2. The highest BCUT2D eigenvalue weighted by atomic mass is 16.5. The second-order valence-electron chi connectivity index (χ2n) is 15.7. The Morgan fingerprint density at radius 1 is 0.745 bits per heavy atom. The molecule has 2 spiro atoms. The highest BCUT2D eigenvalue weighted by Crippen LogP contribution is 2.66. The minimum absolute atomic E-state index is 0.0261. The molecule has 4 fully saturated rings. The van der Waals surface area contributed by atoms with Gasteiger partial charge >= 0.3 is 0 Å². The average molecular weight is 695 g/mol. The van der Waals surface area contributed by atoms with Gasteiger partial charge in [-0.3, -0.25) is 19.4 Å². The Balaban J connectivity index is 0.000000137. The zero-order valence-corrected chi connectivity index (χ0v) is 28.9. The van der Waals surface area contributed by atoms with Gasteiger partial charge in [0.05, 0.1) is 22.0 Å². The van der Waals surface area contributed by atoms with E-state index in [1.165, 1.54) is 0 Å². The number of rotatable bonds is 7. The number of phenolic OH excluding ortho intramolecular Hbond substituents is 1. The van der Waals surface area contributed by atoms with Crippen molar-refractivity contribution in [3.63, 3.8) is 0 Å². The molecule has 4 aliphatic carbocycles. The number of phenols is 1. The second-order valence-corrected chi connectivity index (χ2v) is 15.7. The maximum atomic E-state index is 12.9. The van der Waals surface area contributed by atoms with Crippen molar-refractivity contribution >= 4 is 11.6 Å². The summed E-state index contributed by atoms with van der Waals surface area (Å²) in [6.45, 7) is 14.9. The fraction of sp³-hybridized carbons (Fsp3) is 0.512. The lowest BCUT2D eigenvalue weighted by atomic mass is 9.49. The number of carbonyl (C=O) groups is 2. The summed E-state index contributed by atoms with van der Waals surface area (Å²) in [5.41, 5.74) is 0.797. The van der Waals surface area contributed by atoms with E-state index in [0.29, 0.717) is 68.8 Å². The zero-order chi connectivity index (χ0) is 35.5. The first-order chi connectivity index (χ1) is 24.6. The summed E-state index contributed by atoms with van der Waals surface area (Å²) in [5, 5.41) is 34.1. The van der Waals surface area contributed by atoms with E-state index in [1.54, 1.807) is 12.1 Å². The van der Waals surface area contributed by atoms with Crippen molar-refractivity contribution in [1.29, 1.82) is 0 Å². The third kappa shape index (κ3) is 3.97. The third-order valence-corrected chi connectivity index (χ3v) is 13.8. The summed E-state index contributed by atoms with van der Waals surface area (Å²) in [4.78, 5) is 30.1. The molecule has 8 atom stereocenters. The minimum Gasteiger partial charge on any atom is -0.504 e. The molecule has 4 aliphatic heterocycles. The summed E-state index contributed by atoms with van der Waals surface area (Å²) < 4.78 is 18.1. The minimum atomic E-state index is -1.00. The summed E-state index contributed by atoms with van der Waals surface area (Å²) >= 11 is 0. The Hall–Kier alpha value is -3.96. The number of Topliss-reactive ketones (excluding diaryl/α,β-unsaturated/α-hetero) is 2. The molecule has 2 aromatic carbocycles. The predicted octanol–water partition coefficient (Wildman–Crippen LogP) is 3.46. The number of hydrogen-bond acceptors (Lipinski definition) is 10. The zero-order valence-electron chi connectivity index (χ0n) is 28.9. The van der Waals surface area contributed by atoms with Gasteiger partial charge in [0.1, 0.15) is 6.61 Å². The molecule has 10 nitrogen and oxygen atoms in total. The molecule has 4 bridgehead atoms. The van der Waals surface area contributed by atoms with E-state index in [0.717, 1.165) is 54.9 Å². The van der Waals surface area contributed by atoms with E-state index < -0.39 is 34.2 Å². The van der Waals surface area contributed by atoms with E-state index in [4.69, 9.17) is 14.2 Å². The fourth-order valence-corrected chi connectivity index (χ4v) is 11.8. The molecule has 2 aromatic rings. The number of nitrogens with zero attached hydrogens (tertiary/aromatic N) is 2. The average Bonchev–Trinajstić information content (AvgIpc) is 3.66. The second kappa shape index (κ2) is 11.3. The molecule has 51 heavy (non-hydrogen) atoms. The molecule has 2 unspecified atom stereocenters. The Morgan fingerprint density at radius 3 is 1.78 bits per heavy atom. The van der Waals surface area contributed by atoms with Crippen molar-refractivity contribution in [2.75, 3.05) is 32.8 Å². The Labute approximate surface area is 298 Å². The molecule has 10 heteroatoms. The van der Waals surface area contributed by atoms with E-state index in [1.807, 2.05) is 24.3 Å². The number of likely N-dealkylation sites (tertiary alicyclic amines) is 2. The van der Waals surface area contributed by atoms with E-state index in [-0.39, 0.29) is 29.4 Å². The maximum Gasteiger partial charge on any atom is 0.174 e. The van der Waals surface area contributed by atoms with E-state index >= 15 is 0 Å². The van der Waals surface area contributed by atoms with Crippen LogP contribution < -0.4 is 14.2 Å². The van der Waals surface area contributed by atoms with Gasteiger partial charge in [-0.1, -0.05) is 36.9 Å². The Morgan fingerprint density at radius 2 is 1.25 bits per heavy atom. The van der Waals surface area contributed by atoms with Gasteiger partial charge < -0.3 is 29.5 Å². The van der Waals surface area contributed by atoms with Crippen LogP contribution in [0.4, 0.5) is 0 Å². The van der Waals surface area contributed by atoms with Crippen LogP contribution >= 0.6 is 0 Å². The quantitative estimate of drug-likeness (QED) is 0.371.